The predicted octanol–water partition coefficient (Wildman–Crippen LogP) is 0.914. The largest absolute Gasteiger partial charge is 0.374 e. The zero-order valence-electron chi connectivity index (χ0n) is 4.56. The Balaban J connectivity index is 0.000000405. The van der Waals surface area contributed by atoms with Crippen molar-refractivity contribution in [2.45, 2.75) is 10.2 Å². The third-order valence-corrected chi connectivity index (χ3v) is 2.68. The number of hydrogen-bond donors (Lipinski definition) is 1. The Morgan fingerprint density at radius 1 is 1.44 bits per heavy atom. The molecule has 52 valence electrons. The number of fused-ring (bicyclic) bond motifs is 1. The number of hydrogen-bond acceptors (Lipinski definition) is 2. The molecule has 2 unspecified atom stereocenters. The fourth-order valence-corrected chi connectivity index (χ4v) is 1.66. The van der Waals surface area contributed by atoms with Crippen LogP contribution in [0.4, 0.5) is 0 Å². The van der Waals surface area contributed by atoms with E-state index in [0.717, 1.165) is 0 Å². The van der Waals surface area contributed by atoms with Crippen molar-refractivity contribution in [2.75, 3.05) is 0 Å². The molecule has 0 bridgehead atoms. The minimum Gasteiger partial charge on any atom is -0.374 e. The SMILES string of the molecule is OC12C=CC=CC1S2.[Ni]. The first-order valence-electron chi connectivity index (χ1n) is 2.57. The first kappa shape index (κ1) is 7.39. The third kappa shape index (κ3) is 1.09. The van der Waals surface area contributed by atoms with Crippen LogP contribution >= 0.6 is 11.8 Å². The summed E-state index contributed by atoms with van der Waals surface area (Å²) in [6, 6.07) is 0. The molecule has 0 radical (unpaired) electrons. The van der Waals surface area contributed by atoms with Crippen molar-refractivity contribution < 1.29 is 21.6 Å². The van der Waals surface area contributed by atoms with Gasteiger partial charge in [0.2, 0.25) is 0 Å². The summed E-state index contributed by atoms with van der Waals surface area (Å²) < 4.78 is 0. The summed E-state index contributed by atoms with van der Waals surface area (Å²) in [5, 5.41) is 9.63. The van der Waals surface area contributed by atoms with Crippen molar-refractivity contribution in [3.63, 3.8) is 0 Å². The molecule has 0 aromatic heterocycles. The van der Waals surface area contributed by atoms with Crippen molar-refractivity contribution in [1.82, 2.24) is 0 Å². The minimum absolute atomic E-state index is 0. The van der Waals surface area contributed by atoms with Crippen molar-refractivity contribution in [1.29, 1.82) is 0 Å². The van der Waals surface area contributed by atoms with E-state index in [9.17, 15) is 5.11 Å². The van der Waals surface area contributed by atoms with Gasteiger partial charge in [0.1, 0.15) is 4.93 Å². The standard InChI is InChI=1S/C6H6OS.Ni/c7-6-4-2-1-3-5(6)8-6;/h1-5,7H;. The van der Waals surface area contributed by atoms with Crippen molar-refractivity contribution >= 4 is 11.8 Å². The van der Waals surface area contributed by atoms with Crippen LogP contribution in [0.2, 0.25) is 0 Å². The molecule has 0 aromatic rings. The van der Waals surface area contributed by atoms with E-state index in [1.807, 2.05) is 24.3 Å². The maximum atomic E-state index is 9.27. The maximum absolute atomic E-state index is 9.27. The zero-order chi connectivity index (χ0) is 5.61. The van der Waals surface area contributed by atoms with Crippen molar-refractivity contribution in [2.24, 2.45) is 0 Å². The van der Waals surface area contributed by atoms with Crippen LogP contribution in [-0.4, -0.2) is 15.3 Å². The van der Waals surface area contributed by atoms with E-state index in [2.05, 4.69) is 0 Å². The molecule has 1 aliphatic carbocycles. The Morgan fingerprint density at radius 2 is 2.22 bits per heavy atom. The molecule has 1 fully saturated rings. The van der Waals surface area contributed by atoms with Gasteiger partial charge in [0.25, 0.3) is 0 Å². The monoisotopic (exact) mass is 184 g/mol. The molecule has 2 aliphatic rings. The molecular weight excluding hydrogens is 179 g/mol. The van der Waals surface area contributed by atoms with Gasteiger partial charge in [0.05, 0.1) is 5.25 Å². The molecule has 0 aromatic carbocycles. The molecule has 1 nitrogen and oxygen atoms in total. The molecule has 2 rings (SSSR count). The first-order valence-corrected chi connectivity index (χ1v) is 3.45. The van der Waals surface area contributed by atoms with Gasteiger partial charge < -0.3 is 5.11 Å². The van der Waals surface area contributed by atoms with Crippen LogP contribution in [0.25, 0.3) is 0 Å². The summed E-state index contributed by atoms with van der Waals surface area (Å²) >= 11 is 1.58. The second kappa shape index (κ2) is 2.15. The average molecular weight is 185 g/mol. The molecular formula is C6H6NiOS. The van der Waals surface area contributed by atoms with Crippen molar-refractivity contribution in [3.05, 3.63) is 24.3 Å². The summed E-state index contributed by atoms with van der Waals surface area (Å²) in [5.74, 6) is 0. The Bertz CT molecular complexity index is 178. The quantitative estimate of drug-likeness (QED) is 0.447. The van der Waals surface area contributed by atoms with E-state index in [0.29, 0.717) is 5.25 Å². The third-order valence-electron chi connectivity index (χ3n) is 1.40. The van der Waals surface area contributed by atoms with Gasteiger partial charge in [-0.15, -0.1) is 11.8 Å². The Kier molecular flexibility index (Phi) is 1.77. The predicted molar refractivity (Wildman–Crippen MR) is 34.6 cm³/mol. The van der Waals surface area contributed by atoms with E-state index < -0.39 is 4.93 Å². The van der Waals surface area contributed by atoms with Crippen LogP contribution in [0.3, 0.4) is 0 Å². The van der Waals surface area contributed by atoms with Crippen LogP contribution in [0, 0.1) is 0 Å². The van der Waals surface area contributed by atoms with Gasteiger partial charge in [-0.1, -0.05) is 18.2 Å². The Labute approximate surface area is 68.1 Å². The van der Waals surface area contributed by atoms with Gasteiger partial charge >= 0.3 is 0 Å². The Hall–Kier alpha value is 0.284. The normalized spacial score (nSPS) is 43.4. The summed E-state index contributed by atoms with van der Waals surface area (Å²) in [6.07, 6.45) is 7.71. The zero-order valence-corrected chi connectivity index (χ0v) is 6.36. The van der Waals surface area contributed by atoms with E-state index in [4.69, 9.17) is 0 Å². The summed E-state index contributed by atoms with van der Waals surface area (Å²) in [4.78, 5) is -0.505. The van der Waals surface area contributed by atoms with Crippen LogP contribution in [0.15, 0.2) is 24.3 Å². The van der Waals surface area contributed by atoms with Gasteiger partial charge in [-0.05, 0) is 6.08 Å². The molecule has 2 atom stereocenters. The maximum Gasteiger partial charge on any atom is 0.145 e. The molecule has 1 saturated heterocycles. The van der Waals surface area contributed by atoms with Gasteiger partial charge in [-0.3, -0.25) is 0 Å². The van der Waals surface area contributed by atoms with Gasteiger partial charge in [0.15, 0.2) is 0 Å². The van der Waals surface area contributed by atoms with Crippen LogP contribution < -0.4 is 0 Å². The van der Waals surface area contributed by atoms with E-state index >= 15 is 0 Å². The molecule has 9 heavy (non-hydrogen) atoms. The van der Waals surface area contributed by atoms with Crippen LogP contribution in [0.5, 0.6) is 0 Å². The van der Waals surface area contributed by atoms with Crippen LogP contribution in [0.1, 0.15) is 0 Å². The molecule has 0 saturated carbocycles. The fraction of sp³-hybridized carbons (Fsp3) is 0.333. The molecule has 1 N–H and O–H groups in total. The first-order chi connectivity index (χ1) is 3.81. The molecule has 1 aliphatic heterocycles. The number of aliphatic hydroxyl groups is 1. The smallest absolute Gasteiger partial charge is 0.145 e. The summed E-state index contributed by atoms with van der Waals surface area (Å²) in [7, 11) is 0. The summed E-state index contributed by atoms with van der Waals surface area (Å²) in [6.45, 7) is 0. The molecule has 0 spiro atoms. The minimum atomic E-state index is -0.505. The second-order valence-electron chi connectivity index (χ2n) is 2.03. The van der Waals surface area contributed by atoms with E-state index in [1.165, 1.54) is 0 Å². The second-order valence-corrected chi connectivity index (χ2v) is 3.43. The molecule has 3 heteroatoms. The van der Waals surface area contributed by atoms with Crippen LogP contribution in [-0.2, 0) is 16.5 Å². The number of rotatable bonds is 0. The molecule has 0 amide bonds. The van der Waals surface area contributed by atoms with E-state index in [1.54, 1.807) is 11.8 Å². The summed E-state index contributed by atoms with van der Waals surface area (Å²) in [5.41, 5.74) is 0. The fourth-order valence-electron chi connectivity index (χ4n) is 0.839. The van der Waals surface area contributed by atoms with Crippen molar-refractivity contribution in [3.8, 4) is 0 Å². The van der Waals surface area contributed by atoms with E-state index in [-0.39, 0.29) is 16.5 Å². The number of allylic oxidation sites excluding steroid dienone is 2. The topological polar surface area (TPSA) is 20.2 Å². The van der Waals surface area contributed by atoms with Gasteiger partial charge in [-0.25, -0.2) is 0 Å². The van der Waals surface area contributed by atoms with Gasteiger partial charge in [-0.2, -0.15) is 0 Å². The molecule has 1 heterocycles. The van der Waals surface area contributed by atoms with Gasteiger partial charge in [0, 0.05) is 16.5 Å². The Morgan fingerprint density at radius 3 is 2.67 bits per heavy atom. The average Bonchev–Trinajstić information content (AvgIpc) is 2.39. The number of thioether (sulfide) groups is 1.